The summed E-state index contributed by atoms with van der Waals surface area (Å²) in [6.45, 7) is 1.95. The molecular weight excluding hydrogens is 244 g/mol. The average Bonchev–Trinajstić information content (AvgIpc) is 2.94. The normalized spacial score (nSPS) is 11.1. The molecule has 0 saturated heterocycles. The van der Waals surface area contributed by atoms with Crippen molar-refractivity contribution in [1.29, 1.82) is 0 Å². The van der Waals surface area contributed by atoms with E-state index < -0.39 is 5.97 Å². The first kappa shape index (κ1) is 11.4. The summed E-state index contributed by atoms with van der Waals surface area (Å²) in [5, 5.41) is 19.9. The van der Waals surface area contributed by atoms with Crippen molar-refractivity contribution in [3.05, 3.63) is 17.7 Å². The van der Waals surface area contributed by atoms with Crippen LogP contribution in [0, 0.1) is 0 Å². The molecule has 2 aromatic heterocycles. The van der Waals surface area contributed by atoms with Crippen molar-refractivity contribution in [1.82, 2.24) is 19.8 Å². The Balaban J connectivity index is 2.27. The Morgan fingerprint density at radius 3 is 3.00 bits per heavy atom. The maximum atomic E-state index is 10.3. The number of nitrogens with zero attached hydrogens (tertiary/aromatic N) is 4. The molecule has 17 heavy (non-hydrogen) atoms. The highest BCUT2D eigenvalue weighted by atomic mass is 32.1. The molecule has 88 valence electrons. The first-order valence-electron chi connectivity index (χ1n) is 4.76. The number of rotatable bonds is 4. The van der Waals surface area contributed by atoms with Crippen molar-refractivity contribution in [3.63, 3.8) is 0 Å². The fourth-order valence-electron chi connectivity index (χ4n) is 1.14. The molecule has 8 heteroatoms. The van der Waals surface area contributed by atoms with Gasteiger partial charge in [-0.05, 0) is 18.0 Å². The van der Waals surface area contributed by atoms with Crippen LogP contribution in [0.2, 0.25) is 0 Å². The third-order valence-corrected chi connectivity index (χ3v) is 2.65. The highest BCUT2D eigenvalue weighted by molar-refractivity contribution is 7.09. The summed E-state index contributed by atoms with van der Waals surface area (Å²) in [7, 11) is 0. The maximum Gasteiger partial charge on any atom is 0.328 e. The minimum Gasteiger partial charge on any atom is -0.478 e. The summed E-state index contributed by atoms with van der Waals surface area (Å²) in [6, 6.07) is 0. The van der Waals surface area contributed by atoms with Crippen molar-refractivity contribution >= 4 is 23.6 Å². The molecule has 0 aromatic carbocycles. The molecule has 2 aromatic rings. The zero-order valence-electron chi connectivity index (χ0n) is 8.82. The minimum atomic E-state index is -1.07. The van der Waals surface area contributed by atoms with Crippen LogP contribution in [0.3, 0.4) is 0 Å². The summed E-state index contributed by atoms with van der Waals surface area (Å²) >= 11 is 1.17. The quantitative estimate of drug-likeness (QED) is 0.817. The van der Waals surface area contributed by atoms with Gasteiger partial charge in [-0.1, -0.05) is 11.4 Å². The van der Waals surface area contributed by atoms with Gasteiger partial charge in [0.1, 0.15) is 4.88 Å². The number of carboxylic acids is 1. The molecule has 0 spiro atoms. The second-order valence-electron chi connectivity index (χ2n) is 3.02. The third kappa shape index (κ3) is 2.53. The zero-order valence-corrected chi connectivity index (χ0v) is 9.64. The van der Waals surface area contributed by atoms with Gasteiger partial charge in [0.25, 0.3) is 5.89 Å². The largest absolute Gasteiger partial charge is 0.478 e. The molecule has 1 N–H and O–H groups in total. The number of hydrogen-bond acceptors (Lipinski definition) is 7. The van der Waals surface area contributed by atoms with Crippen LogP contribution >= 0.6 is 11.5 Å². The molecule has 0 aliphatic rings. The summed E-state index contributed by atoms with van der Waals surface area (Å²) < 4.78 is 9.08. The van der Waals surface area contributed by atoms with Crippen LogP contribution in [0.1, 0.15) is 18.5 Å². The molecule has 0 aliphatic heterocycles. The van der Waals surface area contributed by atoms with Crippen LogP contribution in [-0.2, 0) is 11.2 Å². The van der Waals surface area contributed by atoms with Crippen LogP contribution in [0.5, 0.6) is 0 Å². The first-order chi connectivity index (χ1) is 8.20. The molecule has 2 heterocycles. The van der Waals surface area contributed by atoms with Gasteiger partial charge in [-0.3, -0.25) is 0 Å². The smallest absolute Gasteiger partial charge is 0.328 e. The van der Waals surface area contributed by atoms with Crippen molar-refractivity contribution in [2.75, 3.05) is 0 Å². The molecule has 7 nitrogen and oxygen atoms in total. The van der Waals surface area contributed by atoms with Crippen molar-refractivity contribution < 1.29 is 14.3 Å². The summed E-state index contributed by atoms with van der Waals surface area (Å²) in [5.74, 6) is -0.627. The van der Waals surface area contributed by atoms with Gasteiger partial charge in [-0.25, -0.2) is 4.79 Å². The van der Waals surface area contributed by atoms with E-state index in [0.29, 0.717) is 12.3 Å². The van der Waals surface area contributed by atoms with Gasteiger partial charge in [0.05, 0.1) is 5.69 Å². The molecule has 0 aliphatic carbocycles. The molecule has 2 rings (SSSR count). The second-order valence-corrected chi connectivity index (χ2v) is 3.77. The number of aryl methyl sites for hydroxylation is 1. The van der Waals surface area contributed by atoms with Crippen molar-refractivity contribution in [3.8, 4) is 10.8 Å². The molecule has 0 fully saturated rings. The maximum absolute atomic E-state index is 10.3. The molecule has 0 bridgehead atoms. The lowest BCUT2D eigenvalue weighted by Gasteiger charge is -1.89. The van der Waals surface area contributed by atoms with E-state index in [1.807, 2.05) is 6.92 Å². The van der Waals surface area contributed by atoms with Crippen LogP contribution in [0.25, 0.3) is 16.8 Å². The average molecular weight is 252 g/mol. The third-order valence-electron chi connectivity index (χ3n) is 1.89. The standard InChI is InChI=1S/C9H8N4O3S/c1-2-5-8(17-13-10-5)9-12-11-6(16-9)3-4-7(14)15/h3-4H,2H2,1H3,(H,14,15)/b4-3+. The van der Waals surface area contributed by atoms with Crippen LogP contribution in [0.4, 0.5) is 0 Å². The number of carbonyl (C=O) groups is 1. The topological polar surface area (TPSA) is 102 Å². The lowest BCUT2D eigenvalue weighted by atomic mass is 10.3. The predicted octanol–water partition coefficient (Wildman–Crippen LogP) is 1.25. The van der Waals surface area contributed by atoms with E-state index in [9.17, 15) is 4.79 Å². The van der Waals surface area contributed by atoms with E-state index in [2.05, 4.69) is 19.8 Å². The van der Waals surface area contributed by atoms with Crippen molar-refractivity contribution in [2.24, 2.45) is 0 Å². The highest BCUT2D eigenvalue weighted by Crippen LogP contribution is 2.25. The Morgan fingerprint density at radius 2 is 2.29 bits per heavy atom. The van der Waals surface area contributed by atoms with E-state index in [-0.39, 0.29) is 5.89 Å². The van der Waals surface area contributed by atoms with Crippen molar-refractivity contribution in [2.45, 2.75) is 13.3 Å². The number of carboxylic acid groups (broad SMARTS) is 1. The fraction of sp³-hybridized carbons (Fsp3) is 0.222. The molecule has 0 atom stereocenters. The summed E-state index contributed by atoms with van der Waals surface area (Å²) in [6.07, 6.45) is 2.89. The zero-order chi connectivity index (χ0) is 12.3. The SMILES string of the molecule is CCc1nnsc1-c1nnc(/C=C/C(=O)O)o1. The van der Waals surface area contributed by atoms with Gasteiger partial charge in [0.2, 0.25) is 5.89 Å². The molecule has 0 unspecified atom stereocenters. The van der Waals surface area contributed by atoms with Crippen LogP contribution in [-0.4, -0.2) is 30.9 Å². The Labute approximate surface area is 100.0 Å². The fourth-order valence-corrected chi connectivity index (χ4v) is 1.81. The predicted molar refractivity (Wildman–Crippen MR) is 59.2 cm³/mol. The Morgan fingerprint density at radius 1 is 1.47 bits per heavy atom. The number of hydrogen-bond donors (Lipinski definition) is 1. The number of aromatic nitrogens is 4. The van der Waals surface area contributed by atoms with Gasteiger partial charge in [-0.15, -0.1) is 15.3 Å². The Bertz CT molecular complexity index is 560. The molecule has 0 amide bonds. The monoisotopic (exact) mass is 252 g/mol. The van der Waals surface area contributed by atoms with Gasteiger partial charge < -0.3 is 9.52 Å². The van der Waals surface area contributed by atoms with E-state index in [4.69, 9.17) is 9.52 Å². The lowest BCUT2D eigenvalue weighted by molar-refractivity contribution is -0.131. The van der Waals surface area contributed by atoms with E-state index in [1.54, 1.807) is 0 Å². The molecule has 0 radical (unpaired) electrons. The summed E-state index contributed by atoms with van der Waals surface area (Å²) in [4.78, 5) is 11.0. The minimum absolute atomic E-state index is 0.137. The lowest BCUT2D eigenvalue weighted by Crippen LogP contribution is -1.85. The van der Waals surface area contributed by atoms with Gasteiger partial charge >= 0.3 is 5.97 Å². The second kappa shape index (κ2) is 4.83. The molecular formula is C9H8N4O3S. The Hall–Kier alpha value is -2.09. The van der Waals surface area contributed by atoms with Gasteiger partial charge in [0, 0.05) is 12.2 Å². The highest BCUT2D eigenvalue weighted by Gasteiger charge is 2.14. The van der Waals surface area contributed by atoms with Gasteiger partial charge in [-0.2, -0.15) is 0 Å². The summed E-state index contributed by atoms with van der Waals surface area (Å²) in [5.41, 5.74) is 0.785. The van der Waals surface area contributed by atoms with E-state index in [0.717, 1.165) is 16.6 Å². The van der Waals surface area contributed by atoms with Crippen LogP contribution in [0.15, 0.2) is 10.5 Å². The van der Waals surface area contributed by atoms with Crippen LogP contribution < -0.4 is 0 Å². The van der Waals surface area contributed by atoms with E-state index >= 15 is 0 Å². The molecule has 0 saturated carbocycles. The van der Waals surface area contributed by atoms with Gasteiger partial charge in [0.15, 0.2) is 0 Å². The number of aliphatic carboxylic acids is 1. The Kier molecular flexibility index (Phi) is 3.24. The van der Waals surface area contributed by atoms with E-state index in [1.165, 1.54) is 17.6 Å². The first-order valence-corrected chi connectivity index (χ1v) is 5.54.